The number of nitrogens with one attached hydrogen (secondary N) is 1. The topological polar surface area (TPSA) is 68.5 Å². The van der Waals surface area contributed by atoms with Gasteiger partial charge in [0.2, 0.25) is 0 Å². The number of nitrogens with zero attached hydrogens (tertiary/aromatic N) is 3. The Hall–Kier alpha value is -1.15. The molecule has 1 saturated carbocycles. The number of ether oxygens (including phenoxy) is 1. The molecule has 2 aliphatic rings. The van der Waals surface area contributed by atoms with Crippen molar-refractivity contribution in [3.63, 3.8) is 0 Å². The van der Waals surface area contributed by atoms with Crippen LogP contribution in [0.3, 0.4) is 0 Å². The van der Waals surface area contributed by atoms with Crippen LogP contribution in [0.1, 0.15) is 44.6 Å². The Kier molecular flexibility index (Phi) is 8.74. The number of halogens is 1. The average Bonchev–Trinajstić information content (AvgIpc) is 3.19. The Balaban J connectivity index is 0.00000280. The molecule has 1 aromatic heterocycles. The molecule has 0 aromatic carbocycles. The summed E-state index contributed by atoms with van der Waals surface area (Å²) in [4.78, 5) is 26.8. The summed E-state index contributed by atoms with van der Waals surface area (Å²) in [6.45, 7) is 6.28. The summed E-state index contributed by atoms with van der Waals surface area (Å²) < 4.78 is 8.90. The molecular weight excluding hydrogens is 380 g/mol. The van der Waals surface area contributed by atoms with Crippen LogP contribution in [-0.4, -0.2) is 52.4 Å². The summed E-state index contributed by atoms with van der Waals surface area (Å²) in [5, 5.41) is 3.41. The van der Waals surface area contributed by atoms with Gasteiger partial charge in [0.05, 0.1) is 12.7 Å². The highest BCUT2D eigenvalue weighted by molar-refractivity contribution is 5.85. The van der Waals surface area contributed by atoms with E-state index in [0.717, 1.165) is 32.5 Å². The van der Waals surface area contributed by atoms with Crippen LogP contribution in [0.15, 0.2) is 15.8 Å². The molecule has 1 N–H and O–H groups in total. The number of aromatic nitrogens is 2. The zero-order valence-corrected chi connectivity index (χ0v) is 18.2. The molecule has 3 atom stereocenters. The first-order chi connectivity index (χ1) is 13.0. The minimum absolute atomic E-state index is 0. The largest absolute Gasteiger partial charge is 0.377 e. The second kappa shape index (κ2) is 10.6. The lowest BCUT2D eigenvalue weighted by Gasteiger charge is -2.32. The Morgan fingerprint density at radius 1 is 1.21 bits per heavy atom. The highest BCUT2D eigenvalue weighted by Gasteiger charge is 2.25. The van der Waals surface area contributed by atoms with Crippen molar-refractivity contribution in [2.45, 2.75) is 57.7 Å². The first kappa shape index (κ1) is 23.1. The molecule has 1 aromatic rings. The van der Waals surface area contributed by atoms with Crippen molar-refractivity contribution in [2.24, 2.45) is 20.0 Å². The second-order valence-corrected chi connectivity index (χ2v) is 8.20. The van der Waals surface area contributed by atoms with Crippen molar-refractivity contribution in [1.82, 2.24) is 19.4 Å². The molecule has 2 heterocycles. The fourth-order valence-electron chi connectivity index (χ4n) is 4.40. The molecule has 3 rings (SSSR count). The molecule has 1 aliphatic carbocycles. The van der Waals surface area contributed by atoms with Gasteiger partial charge >= 0.3 is 5.69 Å². The highest BCUT2D eigenvalue weighted by atomic mass is 35.5. The normalized spacial score (nSPS) is 25.1. The lowest BCUT2D eigenvalue weighted by Crippen LogP contribution is -2.44. The molecule has 3 unspecified atom stereocenters. The molecule has 8 heteroatoms. The highest BCUT2D eigenvalue weighted by Crippen LogP contribution is 2.26. The van der Waals surface area contributed by atoms with Crippen LogP contribution in [0.25, 0.3) is 0 Å². The van der Waals surface area contributed by atoms with E-state index >= 15 is 0 Å². The van der Waals surface area contributed by atoms with E-state index in [2.05, 4.69) is 17.1 Å². The number of hydrogen-bond donors (Lipinski definition) is 1. The third kappa shape index (κ3) is 5.47. The summed E-state index contributed by atoms with van der Waals surface area (Å²) in [7, 11) is 3.24. The lowest BCUT2D eigenvalue weighted by atomic mass is 9.88. The Morgan fingerprint density at radius 3 is 2.64 bits per heavy atom. The van der Waals surface area contributed by atoms with Crippen LogP contribution in [0, 0.1) is 5.92 Å². The fourth-order valence-corrected chi connectivity index (χ4v) is 4.40. The molecule has 0 bridgehead atoms. The van der Waals surface area contributed by atoms with Crippen LogP contribution >= 0.6 is 12.4 Å². The van der Waals surface area contributed by atoms with Gasteiger partial charge in [-0.15, -0.1) is 12.4 Å². The van der Waals surface area contributed by atoms with E-state index in [0.29, 0.717) is 36.8 Å². The van der Waals surface area contributed by atoms with Crippen LogP contribution < -0.4 is 16.6 Å². The van der Waals surface area contributed by atoms with Crippen molar-refractivity contribution in [1.29, 1.82) is 0 Å². The van der Waals surface area contributed by atoms with Crippen LogP contribution in [0.4, 0.5) is 0 Å². The zero-order chi connectivity index (χ0) is 19.4. The maximum Gasteiger partial charge on any atom is 0.330 e. The zero-order valence-electron chi connectivity index (χ0n) is 17.4. The van der Waals surface area contributed by atoms with Crippen molar-refractivity contribution in [3.05, 3.63) is 32.6 Å². The predicted molar refractivity (Wildman–Crippen MR) is 113 cm³/mol. The van der Waals surface area contributed by atoms with E-state index < -0.39 is 0 Å². The van der Waals surface area contributed by atoms with Gasteiger partial charge in [0, 0.05) is 51.5 Å². The summed E-state index contributed by atoms with van der Waals surface area (Å²) in [5.41, 5.74) is 0.181. The molecule has 1 saturated heterocycles. The van der Waals surface area contributed by atoms with Crippen LogP contribution in [0.2, 0.25) is 0 Å². The molecule has 0 spiro atoms. The minimum Gasteiger partial charge on any atom is -0.377 e. The smallest absolute Gasteiger partial charge is 0.330 e. The monoisotopic (exact) mass is 414 g/mol. The third-order valence-corrected chi connectivity index (χ3v) is 6.18. The van der Waals surface area contributed by atoms with Crippen molar-refractivity contribution in [2.75, 3.05) is 26.2 Å². The SMILES string of the molecule is CC1CCCCC1OCCN(Cc1cn(C)c(=O)n(C)c1=O)C1CCNC1.Cl. The molecule has 2 fully saturated rings. The second-order valence-electron chi connectivity index (χ2n) is 8.20. The first-order valence-electron chi connectivity index (χ1n) is 10.3. The minimum atomic E-state index is -0.285. The standard InChI is InChI=1S/C20H34N4O3.ClH/c1-15-6-4-5-7-18(15)27-11-10-24(17-8-9-21-12-17)14-16-13-22(2)20(26)23(3)19(16)25;/h13,15,17-18,21H,4-12,14H2,1-3H3;1H. The van der Waals surface area contributed by atoms with E-state index in [1.165, 1.54) is 28.4 Å². The summed E-state index contributed by atoms with van der Waals surface area (Å²) >= 11 is 0. The molecule has 0 radical (unpaired) electrons. The van der Waals surface area contributed by atoms with E-state index in [9.17, 15) is 9.59 Å². The van der Waals surface area contributed by atoms with Gasteiger partial charge in [-0.2, -0.15) is 0 Å². The van der Waals surface area contributed by atoms with Gasteiger partial charge in [0.1, 0.15) is 0 Å². The Morgan fingerprint density at radius 2 is 1.96 bits per heavy atom. The van der Waals surface area contributed by atoms with Gasteiger partial charge in [0.25, 0.3) is 5.56 Å². The van der Waals surface area contributed by atoms with Crippen molar-refractivity contribution >= 4 is 12.4 Å². The molecular formula is C20H35ClN4O3. The maximum atomic E-state index is 12.5. The number of rotatable bonds is 7. The van der Waals surface area contributed by atoms with Crippen molar-refractivity contribution < 1.29 is 4.74 Å². The van der Waals surface area contributed by atoms with Crippen LogP contribution in [0.5, 0.6) is 0 Å². The van der Waals surface area contributed by atoms with Crippen LogP contribution in [-0.2, 0) is 25.4 Å². The number of aryl methyl sites for hydroxylation is 1. The quantitative estimate of drug-likeness (QED) is 0.727. The maximum absolute atomic E-state index is 12.5. The summed E-state index contributed by atoms with van der Waals surface area (Å²) in [6.07, 6.45) is 8.13. The molecule has 1 aliphatic heterocycles. The lowest BCUT2D eigenvalue weighted by molar-refractivity contribution is -0.0182. The van der Waals surface area contributed by atoms with Gasteiger partial charge in [-0.25, -0.2) is 4.79 Å². The molecule has 7 nitrogen and oxygen atoms in total. The average molecular weight is 415 g/mol. The summed E-state index contributed by atoms with van der Waals surface area (Å²) in [6, 6.07) is 0.402. The number of hydrogen-bond acceptors (Lipinski definition) is 5. The first-order valence-corrected chi connectivity index (χ1v) is 10.3. The third-order valence-electron chi connectivity index (χ3n) is 6.18. The molecule has 28 heavy (non-hydrogen) atoms. The Bertz CT molecular complexity index is 742. The van der Waals surface area contributed by atoms with E-state index in [1.54, 1.807) is 20.3 Å². The van der Waals surface area contributed by atoms with Crippen molar-refractivity contribution in [3.8, 4) is 0 Å². The molecule has 160 valence electrons. The van der Waals surface area contributed by atoms with E-state index in [1.807, 2.05) is 0 Å². The van der Waals surface area contributed by atoms with E-state index in [4.69, 9.17) is 4.74 Å². The van der Waals surface area contributed by atoms with Gasteiger partial charge in [-0.3, -0.25) is 14.3 Å². The summed E-state index contributed by atoms with van der Waals surface area (Å²) in [5.74, 6) is 0.635. The molecule has 0 amide bonds. The fraction of sp³-hybridized carbons (Fsp3) is 0.800. The Labute approximate surface area is 173 Å². The van der Waals surface area contributed by atoms with E-state index in [-0.39, 0.29) is 23.7 Å². The van der Waals surface area contributed by atoms with Gasteiger partial charge < -0.3 is 14.6 Å². The van der Waals surface area contributed by atoms with Gasteiger partial charge in [-0.05, 0) is 31.7 Å². The predicted octanol–water partition coefficient (Wildman–Crippen LogP) is 1.27. The van der Waals surface area contributed by atoms with Gasteiger partial charge in [-0.1, -0.05) is 19.8 Å². The van der Waals surface area contributed by atoms with Gasteiger partial charge in [0.15, 0.2) is 0 Å².